The molecule has 0 radical (unpaired) electrons. The molecule has 8 nitrogen and oxygen atoms in total. The van der Waals surface area contributed by atoms with Crippen LogP contribution in [0, 0.1) is 11.8 Å². The highest BCUT2D eigenvalue weighted by molar-refractivity contribution is 7.99. The summed E-state index contributed by atoms with van der Waals surface area (Å²) in [4.78, 5) is 26.8. The lowest BCUT2D eigenvalue weighted by atomic mass is 9.96. The van der Waals surface area contributed by atoms with E-state index in [0.29, 0.717) is 42.8 Å². The Bertz CT molecular complexity index is 787. The van der Waals surface area contributed by atoms with E-state index in [2.05, 4.69) is 34.7 Å². The number of hydrogen-bond acceptors (Lipinski definition) is 6. The number of para-hydroxylation sites is 1. The monoisotopic (exact) mass is 402 g/mol. The molecule has 1 aliphatic heterocycles. The molecule has 9 heteroatoms. The fourth-order valence-electron chi connectivity index (χ4n) is 3.13. The van der Waals surface area contributed by atoms with Crippen molar-refractivity contribution in [3.63, 3.8) is 0 Å². The molecule has 28 heavy (non-hydrogen) atoms. The van der Waals surface area contributed by atoms with Crippen molar-refractivity contribution in [1.82, 2.24) is 25.1 Å². The highest BCUT2D eigenvalue weighted by atomic mass is 32.2. The van der Waals surface area contributed by atoms with Crippen LogP contribution < -0.4 is 5.32 Å². The van der Waals surface area contributed by atoms with Crippen molar-refractivity contribution in [3.8, 4) is 0 Å². The van der Waals surface area contributed by atoms with Crippen LogP contribution in [0.2, 0.25) is 0 Å². The van der Waals surface area contributed by atoms with Gasteiger partial charge in [-0.2, -0.15) is 0 Å². The molecule has 0 atom stereocenters. The van der Waals surface area contributed by atoms with Crippen molar-refractivity contribution in [2.75, 3.05) is 24.2 Å². The third kappa shape index (κ3) is 5.54. The first-order valence-corrected chi connectivity index (χ1v) is 10.5. The molecule has 1 N–H and O–H groups in total. The number of carbonyl (C=O) groups excluding carboxylic acids is 2. The molecular formula is C19H26N6O2S. The molecule has 3 rings (SSSR count). The first-order valence-electron chi connectivity index (χ1n) is 9.55. The largest absolute Gasteiger partial charge is 0.342 e. The topological polar surface area (TPSA) is 93.0 Å². The van der Waals surface area contributed by atoms with Gasteiger partial charge >= 0.3 is 0 Å². The van der Waals surface area contributed by atoms with E-state index in [1.165, 1.54) is 11.8 Å². The molecule has 0 saturated carbocycles. The van der Waals surface area contributed by atoms with Crippen molar-refractivity contribution < 1.29 is 9.59 Å². The van der Waals surface area contributed by atoms with Crippen LogP contribution in [0.25, 0.3) is 0 Å². The molecular weight excluding hydrogens is 376 g/mol. The Morgan fingerprint density at radius 1 is 1.21 bits per heavy atom. The van der Waals surface area contributed by atoms with Crippen molar-refractivity contribution in [2.45, 2.75) is 38.4 Å². The number of nitrogens with one attached hydrogen (secondary N) is 1. The van der Waals surface area contributed by atoms with E-state index in [9.17, 15) is 9.59 Å². The summed E-state index contributed by atoms with van der Waals surface area (Å²) in [5.41, 5.74) is 0.807. The van der Waals surface area contributed by atoms with Gasteiger partial charge in [0.2, 0.25) is 17.0 Å². The summed E-state index contributed by atoms with van der Waals surface area (Å²) < 4.78 is 1.74. The minimum Gasteiger partial charge on any atom is -0.342 e. The van der Waals surface area contributed by atoms with E-state index in [0.717, 1.165) is 12.2 Å². The Balaban J connectivity index is 1.44. The van der Waals surface area contributed by atoms with Gasteiger partial charge in [-0.3, -0.25) is 9.59 Å². The molecule has 2 aromatic rings. The first kappa shape index (κ1) is 20.3. The van der Waals surface area contributed by atoms with Crippen LogP contribution >= 0.6 is 11.8 Å². The van der Waals surface area contributed by atoms with E-state index < -0.39 is 0 Å². The third-order valence-corrected chi connectivity index (χ3v) is 5.56. The van der Waals surface area contributed by atoms with Gasteiger partial charge in [-0.1, -0.05) is 43.8 Å². The molecule has 0 aliphatic carbocycles. The minimum absolute atomic E-state index is 0.0283. The fourth-order valence-corrected chi connectivity index (χ4v) is 3.92. The van der Waals surface area contributed by atoms with Crippen molar-refractivity contribution in [2.24, 2.45) is 11.8 Å². The van der Waals surface area contributed by atoms with E-state index in [1.54, 1.807) is 4.68 Å². The van der Waals surface area contributed by atoms with Crippen molar-refractivity contribution in [3.05, 3.63) is 30.3 Å². The van der Waals surface area contributed by atoms with Gasteiger partial charge < -0.3 is 10.2 Å². The molecule has 1 aromatic carbocycles. The van der Waals surface area contributed by atoms with Gasteiger partial charge in [0.15, 0.2) is 0 Å². The summed E-state index contributed by atoms with van der Waals surface area (Å²) in [6, 6.07) is 9.46. The van der Waals surface area contributed by atoms with Crippen LogP contribution in [0.15, 0.2) is 35.5 Å². The Hall–Kier alpha value is -2.42. The number of amides is 2. The van der Waals surface area contributed by atoms with Gasteiger partial charge in [0.1, 0.15) is 0 Å². The zero-order chi connectivity index (χ0) is 19.9. The predicted octanol–water partition coefficient (Wildman–Crippen LogP) is 2.30. The van der Waals surface area contributed by atoms with Gasteiger partial charge in [0.25, 0.3) is 0 Å². The van der Waals surface area contributed by atoms with Crippen LogP contribution in [0.5, 0.6) is 0 Å². The van der Waals surface area contributed by atoms with E-state index in [-0.39, 0.29) is 17.7 Å². The summed E-state index contributed by atoms with van der Waals surface area (Å²) in [5.74, 6) is 0.765. The lowest BCUT2D eigenvalue weighted by Crippen LogP contribution is -2.42. The molecule has 1 aromatic heterocycles. The maximum atomic E-state index is 12.5. The fraction of sp³-hybridized carbons (Fsp3) is 0.526. The number of likely N-dealkylation sites (tertiary alicyclic amines) is 1. The Morgan fingerprint density at radius 3 is 2.61 bits per heavy atom. The number of aromatic nitrogens is 4. The van der Waals surface area contributed by atoms with Crippen LogP contribution in [-0.4, -0.2) is 55.8 Å². The van der Waals surface area contributed by atoms with Crippen molar-refractivity contribution in [1.29, 1.82) is 0 Å². The maximum absolute atomic E-state index is 12.5. The van der Waals surface area contributed by atoms with Crippen LogP contribution in [-0.2, 0) is 16.1 Å². The summed E-state index contributed by atoms with van der Waals surface area (Å²) in [7, 11) is 0. The molecule has 150 valence electrons. The highest BCUT2D eigenvalue weighted by Crippen LogP contribution is 2.21. The van der Waals surface area contributed by atoms with Crippen LogP contribution in [0.4, 0.5) is 5.69 Å². The van der Waals surface area contributed by atoms with E-state index >= 15 is 0 Å². The zero-order valence-electron chi connectivity index (χ0n) is 16.2. The number of nitrogens with zero attached hydrogens (tertiary/aromatic N) is 5. The van der Waals surface area contributed by atoms with Crippen LogP contribution in [0.3, 0.4) is 0 Å². The third-order valence-electron chi connectivity index (χ3n) is 4.62. The smallest absolute Gasteiger partial charge is 0.233 e. The Morgan fingerprint density at radius 2 is 1.93 bits per heavy atom. The molecule has 1 saturated heterocycles. The van der Waals surface area contributed by atoms with Crippen molar-refractivity contribution >= 4 is 29.3 Å². The van der Waals surface area contributed by atoms with Gasteiger partial charge in [0.05, 0.1) is 5.75 Å². The van der Waals surface area contributed by atoms with Gasteiger partial charge in [-0.05, 0) is 41.3 Å². The summed E-state index contributed by atoms with van der Waals surface area (Å²) >= 11 is 1.36. The standard InChI is InChI=1S/C19H26N6O2S/c1-14(2)12-25-19(21-22-23-25)28-13-17(26)24-10-8-15(9-11-24)18(27)20-16-6-4-3-5-7-16/h3-7,14-15H,8-13H2,1-2H3,(H,20,27). The SMILES string of the molecule is CC(C)Cn1nnnc1SCC(=O)N1CCC(C(=O)Nc2ccccc2)CC1. The Kier molecular flexibility index (Phi) is 7.02. The second-order valence-corrected chi connectivity index (χ2v) is 8.28. The number of tetrazole rings is 1. The average Bonchev–Trinajstić information content (AvgIpc) is 3.13. The molecule has 2 heterocycles. The second-order valence-electron chi connectivity index (χ2n) is 7.34. The molecule has 1 aliphatic rings. The maximum Gasteiger partial charge on any atom is 0.233 e. The zero-order valence-corrected chi connectivity index (χ0v) is 17.1. The van der Waals surface area contributed by atoms with E-state index in [1.807, 2.05) is 35.2 Å². The second kappa shape index (κ2) is 9.68. The van der Waals surface area contributed by atoms with Gasteiger partial charge in [0, 0.05) is 31.2 Å². The van der Waals surface area contributed by atoms with E-state index in [4.69, 9.17) is 0 Å². The summed E-state index contributed by atoms with van der Waals surface area (Å²) in [6.45, 7) is 6.12. The first-order chi connectivity index (χ1) is 13.5. The summed E-state index contributed by atoms with van der Waals surface area (Å²) in [5, 5.41) is 15.3. The molecule has 1 fully saturated rings. The number of anilines is 1. The summed E-state index contributed by atoms with van der Waals surface area (Å²) in [6.07, 6.45) is 1.36. The van der Waals surface area contributed by atoms with Crippen LogP contribution in [0.1, 0.15) is 26.7 Å². The molecule has 2 amide bonds. The number of thioether (sulfide) groups is 1. The number of carbonyl (C=O) groups is 2. The number of rotatable bonds is 7. The highest BCUT2D eigenvalue weighted by Gasteiger charge is 2.27. The number of piperidine rings is 1. The minimum atomic E-state index is -0.0600. The molecule has 0 bridgehead atoms. The van der Waals surface area contributed by atoms with Gasteiger partial charge in [-0.25, -0.2) is 4.68 Å². The number of benzene rings is 1. The molecule has 0 spiro atoms. The predicted molar refractivity (Wildman–Crippen MR) is 108 cm³/mol. The van der Waals surface area contributed by atoms with Gasteiger partial charge in [-0.15, -0.1) is 5.10 Å². The lowest BCUT2D eigenvalue weighted by molar-refractivity contribution is -0.132. The Labute approximate surface area is 169 Å². The normalized spacial score (nSPS) is 15.0. The average molecular weight is 403 g/mol. The lowest BCUT2D eigenvalue weighted by Gasteiger charge is -2.31. The molecule has 0 unspecified atom stereocenters. The number of hydrogen-bond donors (Lipinski definition) is 1. The quantitative estimate of drug-likeness (QED) is 0.715.